The Bertz CT molecular complexity index is 296. The van der Waals surface area contributed by atoms with E-state index < -0.39 is 0 Å². The second-order valence-corrected chi connectivity index (χ2v) is 4.47. The molecule has 1 aromatic rings. The SMILES string of the molecule is Cc1cc(Cl)cc(N2CCCCC2)c1. The molecule has 1 nitrogen and oxygen atoms in total. The summed E-state index contributed by atoms with van der Waals surface area (Å²) < 4.78 is 0. The lowest BCUT2D eigenvalue weighted by Gasteiger charge is -2.29. The molecule has 1 aromatic carbocycles. The first-order chi connectivity index (χ1) is 6.75. The summed E-state index contributed by atoms with van der Waals surface area (Å²) in [4.78, 5) is 2.43. The van der Waals surface area contributed by atoms with Crippen molar-refractivity contribution in [2.75, 3.05) is 18.0 Å². The highest BCUT2D eigenvalue weighted by atomic mass is 35.5. The van der Waals surface area contributed by atoms with Gasteiger partial charge in [0.1, 0.15) is 0 Å². The molecule has 1 aliphatic heterocycles. The molecule has 0 saturated carbocycles. The Balaban J connectivity index is 2.21. The van der Waals surface area contributed by atoms with Crippen LogP contribution in [0, 0.1) is 6.92 Å². The summed E-state index contributed by atoms with van der Waals surface area (Å²) in [5.74, 6) is 0. The van der Waals surface area contributed by atoms with Gasteiger partial charge in [-0.25, -0.2) is 0 Å². The number of hydrogen-bond acceptors (Lipinski definition) is 1. The van der Waals surface area contributed by atoms with Gasteiger partial charge in [0.05, 0.1) is 0 Å². The number of piperidine rings is 1. The summed E-state index contributed by atoms with van der Waals surface area (Å²) >= 11 is 6.04. The molecule has 2 heteroatoms. The standard InChI is InChI=1S/C12H16ClN/c1-10-7-11(13)9-12(8-10)14-5-3-2-4-6-14/h7-9H,2-6H2,1H3. The molecule has 14 heavy (non-hydrogen) atoms. The van der Waals surface area contributed by atoms with Crippen LogP contribution in [0.3, 0.4) is 0 Å². The molecule has 0 aromatic heterocycles. The first-order valence-corrected chi connectivity index (χ1v) is 5.66. The Morgan fingerprint density at radius 1 is 1.07 bits per heavy atom. The molecule has 2 rings (SSSR count). The minimum Gasteiger partial charge on any atom is -0.371 e. The number of hydrogen-bond donors (Lipinski definition) is 0. The molecule has 0 bridgehead atoms. The predicted octanol–water partition coefficient (Wildman–Crippen LogP) is 3.64. The van der Waals surface area contributed by atoms with E-state index in [1.54, 1.807) is 0 Å². The van der Waals surface area contributed by atoms with Crippen molar-refractivity contribution < 1.29 is 0 Å². The van der Waals surface area contributed by atoms with Crippen molar-refractivity contribution in [1.82, 2.24) is 0 Å². The van der Waals surface area contributed by atoms with Crippen molar-refractivity contribution in [3.05, 3.63) is 28.8 Å². The fraction of sp³-hybridized carbons (Fsp3) is 0.500. The van der Waals surface area contributed by atoms with Crippen LogP contribution in [-0.2, 0) is 0 Å². The molecule has 1 aliphatic rings. The first-order valence-electron chi connectivity index (χ1n) is 5.28. The first kappa shape index (κ1) is 9.85. The fourth-order valence-corrected chi connectivity index (χ4v) is 2.34. The summed E-state index contributed by atoms with van der Waals surface area (Å²) in [5, 5.41) is 0.852. The van der Waals surface area contributed by atoms with E-state index in [2.05, 4.69) is 24.0 Å². The van der Waals surface area contributed by atoms with Crippen molar-refractivity contribution in [2.45, 2.75) is 26.2 Å². The molecule has 0 N–H and O–H groups in total. The zero-order chi connectivity index (χ0) is 9.97. The monoisotopic (exact) mass is 209 g/mol. The van der Waals surface area contributed by atoms with Gasteiger partial charge < -0.3 is 4.90 Å². The Hall–Kier alpha value is -0.690. The highest BCUT2D eigenvalue weighted by Crippen LogP contribution is 2.24. The Morgan fingerprint density at radius 2 is 1.79 bits per heavy atom. The zero-order valence-electron chi connectivity index (χ0n) is 8.59. The zero-order valence-corrected chi connectivity index (χ0v) is 9.35. The van der Waals surface area contributed by atoms with Gasteiger partial charge in [-0.15, -0.1) is 0 Å². The normalized spacial score (nSPS) is 17.1. The van der Waals surface area contributed by atoms with Crippen LogP contribution < -0.4 is 4.90 Å². The van der Waals surface area contributed by atoms with E-state index in [0.29, 0.717) is 0 Å². The Labute approximate surface area is 90.7 Å². The maximum atomic E-state index is 6.04. The van der Waals surface area contributed by atoms with Crippen LogP contribution in [0.25, 0.3) is 0 Å². The highest BCUT2D eigenvalue weighted by Gasteiger charge is 2.11. The van der Waals surface area contributed by atoms with Gasteiger partial charge in [0.15, 0.2) is 0 Å². The number of halogens is 1. The third-order valence-corrected chi connectivity index (χ3v) is 2.97. The third kappa shape index (κ3) is 2.21. The van der Waals surface area contributed by atoms with Gasteiger partial charge >= 0.3 is 0 Å². The van der Waals surface area contributed by atoms with E-state index in [-0.39, 0.29) is 0 Å². The van der Waals surface area contributed by atoms with Crippen molar-refractivity contribution in [1.29, 1.82) is 0 Å². The molecular weight excluding hydrogens is 194 g/mol. The lowest BCUT2D eigenvalue weighted by atomic mass is 10.1. The molecule has 0 atom stereocenters. The average molecular weight is 210 g/mol. The van der Waals surface area contributed by atoms with Gasteiger partial charge in [-0.05, 0) is 49.9 Å². The van der Waals surface area contributed by atoms with Gasteiger partial charge in [-0.2, -0.15) is 0 Å². The maximum Gasteiger partial charge on any atom is 0.0429 e. The molecule has 1 fully saturated rings. The molecule has 0 spiro atoms. The van der Waals surface area contributed by atoms with E-state index >= 15 is 0 Å². The minimum absolute atomic E-state index is 0.852. The second-order valence-electron chi connectivity index (χ2n) is 4.03. The van der Waals surface area contributed by atoms with Crippen LogP contribution >= 0.6 is 11.6 Å². The second kappa shape index (κ2) is 4.22. The van der Waals surface area contributed by atoms with Crippen LogP contribution in [0.2, 0.25) is 5.02 Å². The van der Waals surface area contributed by atoms with Gasteiger partial charge in [0.25, 0.3) is 0 Å². The van der Waals surface area contributed by atoms with Crippen molar-refractivity contribution >= 4 is 17.3 Å². The number of benzene rings is 1. The molecule has 0 aliphatic carbocycles. The number of rotatable bonds is 1. The number of aryl methyl sites for hydroxylation is 1. The van der Waals surface area contributed by atoms with Crippen LogP contribution in [0.1, 0.15) is 24.8 Å². The van der Waals surface area contributed by atoms with E-state index in [1.807, 2.05) is 6.07 Å². The third-order valence-electron chi connectivity index (χ3n) is 2.75. The smallest absolute Gasteiger partial charge is 0.0429 e. The predicted molar refractivity (Wildman–Crippen MR) is 62.3 cm³/mol. The summed E-state index contributed by atoms with van der Waals surface area (Å²) in [6.07, 6.45) is 3.99. The van der Waals surface area contributed by atoms with Crippen LogP contribution in [0.4, 0.5) is 5.69 Å². The molecule has 0 radical (unpaired) electrons. The highest BCUT2D eigenvalue weighted by molar-refractivity contribution is 6.30. The van der Waals surface area contributed by atoms with E-state index in [4.69, 9.17) is 11.6 Å². The van der Waals surface area contributed by atoms with Gasteiger partial charge in [-0.1, -0.05) is 11.6 Å². The van der Waals surface area contributed by atoms with E-state index in [9.17, 15) is 0 Å². The lowest BCUT2D eigenvalue weighted by molar-refractivity contribution is 0.578. The molecule has 76 valence electrons. The average Bonchev–Trinajstić information content (AvgIpc) is 2.18. The molecule has 0 unspecified atom stereocenters. The Morgan fingerprint density at radius 3 is 2.43 bits per heavy atom. The molecular formula is C12H16ClN. The van der Waals surface area contributed by atoms with E-state index in [0.717, 1.165) is 5.02 Å². The lowest BCUT2D eigenvalue weighted by Crippen LogP contribution is -2.29. The van der Waals surface area contributed by atoms with Gasteiger partial charge in [-0.3, -0.25) is 0 Å². The number of nitrogens with zero attached hydrogens (tertiary/aromatic N) is 1. The van der Waals surface area contributed by atoms with Crippen LogP contribution in [0.15, 0.2) is 18.2 Å². The summed E-state index contributed by atoms with van der Waals surface area (Å²) in [7, 11) is 0. The molecule has 0 amide bonds. The van der Waals surface area contributed by atoms with Gasteiger partial charge in [0.2, 0.25) is 0 Å². The van der Waals surface area contributed by atoms with Crippen molar-refractivity contribution in [2.24, 2.45) is 0 Å². The summed E-state index contributed by atoms with van der Waals surface area (Å²) in [5.41, 5.74) is 2.53. The molecule has 1 heterocycles. The minimum atomic E-state index is 0.852. The topological polar surface area (TPSA) is 3.24 Å². The largest absolute Gasteiger partial charge is 0.371 e. The van der Waals surface area contributed by atoms with Crippen LogP contribution in [-0.4, -0.2) is 13.1 Å². The Kier molecular flexibility index (Phi) is 2.97. The summed E-state index contributed by atoms with van der Waals surface area (Å²) in [6.45, 7) is 4.46. The van der Waals surface area contributed by atoms with Crippen molar-refractivity contribution in [3.63, 3.8) is 0 Å². The fourth-order valence-electron chi connectivity index (χ4n) is 2.05. The van der Waals surface area contributed by atoms with Crippen molar-refractivity contribution in [3.8, 4) is 0 Å². The number of anilines is 1. The molecule has 1 saturated heterocycles. The summed E-state index contributed by atoms with van der Waals surface area (Å²) in [6, 6.07) is 6.30. The maximum absolute atomic E-state index is 6.04. The quantitative estimate of drug-likeness (QED) is 0.683. The van der Waals surface area contributed by atoms with E-state index in [1.165, 1.54) is 43.6 Å². The van der Waals surface area contributed by atoms with Crippen LogP contribution in [0.5, 0.6) is 0 Å². The van der Waals surface area contributed by atoms with Gasteiger partial charge in [0, 0.05) is 23.8 Å².